The maximum atomic E-state index is 12.2. The minimum Gasteiger partial charge on any atom is -0.452 e. The number of nitrogens with one attached hydrogen (secondary N) is 1. The molecule has 7 nitrogen and oxygen atoms in total. The highest BCUT2D eigenvalue weighted by molar-refractivity contribution is 5.97. The van der Waals surface area contributed by atoms with Crippen LogP contribution in [0.2, 0.25) is 0 Å². The first-order chi connectivity index (χ1) is 13.8. The Labute approximate surface area is 168 Å². The number of benzene rings is 2. The van der Waals surface area contributed by atoms with Gasteiger partial charge in [0.25, 0.3) is 5.91 Å². The van der Waals surface area contributed by atoms with Crippen molar-refractivity contribution < 1.29 is 19.1 Å². The number of hydrogen-bond acceptors (Lipinski definition) is 5. The van der Waals surface area contributed by atoms with E-state index in [2.05, 4.69) is 10.4 Å². The van der Waals surface area contributed by atoms with Crippen molar-refractivity contribution in [2.75, 3.05) is 11.9 Å². The Morgan fingerprint density at radius 1 is 0.966 bits per heavy atom. The minimum absolute atomic E-state index is 0.0549. The average Bonchev–Trinajstić information content (AvgIpc) is 3.04. The number of ether oxygens (including phenoxy) is 1. The van der Waals surface area contributed by atoms with E-state index in [9.17, 15) is 14.4 Å². The molecule has 7 heteroatoms. The van der Waals surface area contributed by atoms with Crippen molar-refractivity contribution in [3.63, 3.8) is 0 Å². The summed E-state index contributed by atoms with van der Waals surface area (Å²) in [7, 11) is 0. The molecule has 0 aliphatic heterocycles. The second-order valence-electron chi connectivity index (χ2n) is 6.64. The summed E-state index contributed by atoms with van der Waals surface area (Å²) in [6, 6.07) is 15.2. The molecule has 1 aromatic heterocycles. The molecule has 0 fully saturated rings. The zero-order valence-electron chi connectivity index (χ0n) is 16.4. The second-order valence-corrected chi connectivity index (χ2v) is 6.64. The summed E-state index contributed by atoms with van der Waals surface area (Å²) in [6.45, 7) is 4.93. The fourth-order valence-electron chi connectivity index (χ4n) is 2.83. The number of amides is 1. The third-order valence-electron chi connectivity index (χ3n) is 4.27. The quantitative estimate of drug-likeness (QED) is 0.513. The number of aromatic nitrogens is 2. The van der Waals surface area contributed by atoms with Crippen LogP contribution in [0.25, 0.3) is 5.69 Å². The van der Waals surface area contributed by atoms with Crippen LogP contribution in [0.1, 0.15) is 39.0 Å². The van der Waals surface area contributed by atoms with E-state index in [0.29, 0.717) is 16.8 Å². The topological polar surface area (TPSA) is 90.3 Å². The van der Waals surface area contributed by atoms with E-state index in [-0.39, 0.29) is 5.78 Å². The van der Waals surface area contributed by atoms with Crippen LogP contribution in [0.4, 0.5) is 5.69 Å². The lowest BCUT2D eigenvalue weighted by atomic mass is 10.1. The summed E-state index contributed by atoms with van der Waals surface area (Å²) in [4.78, 5) is 35.4. The number of hydrogen-bond donors (Lipinski definition) is 1. The molecule has 148 valence electrons. The van der Waals surface area contributed by atoms with E-state index in [1.165, 1.54) is 6.92 Å². The molecule has 2 aromatic carbocycles. The van der Waals surface area contributed by atoms with E-state index in [1.807, 2.05) is 19.9 Å². The molecule has 0 radical (unpaired) electrons. The number of carbonyl (C=O) groups excluding carboxylic acids is 3. The van der Waals surface area contributed by atoms with Gasteiger partial charge in [-0.05, 0) is 75.4 Å². The van der Waals surface area contributed by atoms with Crippen LogP contribution in [0.3, 0.4) is 0 Å². The fraction of sp³-hybridized carbons (Fsp3) is 0.182. The van der Waals surface area contributed by atoms with Crippen LogP contribution in [-0.2, 0) is 9.53 Å². The zero-order chi connectivity index (χ0) is 21.0. The Balaban J connectivity index is 1.55. The highest BCUT2D eigenvalue weighted by Gasteiger charge is 2.12. The van der Waals surface area contributed by atoms with Crippen molar-refractivity contribution in [1.82, 2.24) is 9.78 Å². The highest BCUT2D eigenvalue weighted by Crippen LogP contribution is 2.14. The van der Waals surface area contributed by atoms with E-state index in [4.69, 9.17) is 4.74 Å². The van der Waals surface area contributed by atoms with Crippen LogP contribution in [-0.4, -0.2) is 34.0 Å². The Bertz CT molecular complexity index is 1050. The van der Waals surface area contributed by atoms with E-state index in [1.54, 1.807) is 53.2 Å². The van der Waals surface area contributed by atoms with Crippen LogP contribution >= 0.6 is 0 Å². The van der Waals surface area contributed by atoms with Gasteiger partial charge in [0.05, 0.1) is 16.9 Å². The van der Waals surface area contributed by atoms with Gasteiger partial charge < -0.3 is 10.1 Å². The van der Waals surface area contributed by atoms with Crippen molar-refractivity contribution in [3.8, 4) is 5.69 Å². The zero-order valence-corrected chi connectivity index (χ0v) is 16.4. The summed E-state index contributed by atoms with van der Waals surface area (Å²) >= 11 is 0. The monoisotopic (exact) mass is 391 g/mol. The maximum Gasteiger partial charge on any atom is 0.338 e. The standard InChI is InChI=1S/C22H21N3O4/c1-14-12-15(2)25(24-14)20-10-6-18(7-11-20)22(28)29-13-21(27)23-19-8-4-17(5-9-19)16(3)26/h4-12H,13H2,1-3H3,(H,23,27). The maximum absolute atomic E-state index is 12.2. The molecule has 0 aliphatic rings. The molecule has 0 unspecified atom stereocenters. The lowest BCUT2D eigenvalue weighted by molar-refractivity contribution is -0.119. The van der Waals surface area contributed by atoms with E-state index in [0.717, 1.165) is 17.1 Å². The number of esters is 1. The first-order valence-electron chi connectivity index (χ1n) is 9.05. The normalized spacial score (nSPS) is 10.4. The molecule has 1 heterocycles. The lowest BCUT2D eigenvalue weighted by Crippen LogP contribution is -2.21. The molecular formula is C22H21N3O4. The Hall–Kier alpha value is -3.74. The summed E-state index contributed by atoms with van der Waals surface area (Å²) in [6.07, 6.45) is 0. The fourth-order valence-corrected chi connectivity index (χ4v) is 2.83. The molecule has 1 amide bonds. The third-order valence-corrected chi connectivity index (χ3v) is 4.27. The van der Waals surface area contributed by atoms with Gasteiger partial charge in [-0.1, -0.05) is 0 Å². The predicted octanol–water partition coefficient (Wildman–Crippen LogP) is 3.49. The lowest BCUT2D eigenvalue weighted by Gasteiger charge is -2.08. The number of rotatable bonds is 6. The first-order valence-corrected chi connectivity index (χ1v) is 9.05. The molecule has 3 rings (SSSR count). The predicted molar refractivity (Wildman–Crippen MR) is 108 cm³/mol. The van der Waals surface area contributed by atoms with Crippen molar-refractivity contribution in [2.45, 2.75) is 20.8 Å². The molecule has 0 aliphatic carbocycles. The number of carbonyl (C=O) groups is 3. The van der Waals surface area contributed by atoms with E-state index < -0.39 is 18.5 Å². The van der Waals surface area contributed by atoms with Gasteiger partial charge in [0.15, 0.2) is 12.4 Å². The van der Waals surface area contributed by atoms with Crippen molar-refractivity contribution in [3.05, 3.63) is 77.1 Å². The molecule has 3 aromatic rings. The van der Waals surface area contributed by atoms with Gasteiger partial charge in [0, 0.05) is 16.9 Å². The Morgan fingerprint density at radius 2 is 1.59 bits per heavy atom. The Kier molecular flexibility index (Phi) is 5.87. The van der Waals surface area contributed by atoms with Crippen molar-refractivity contribution in [1.29, 1.82) is 0 Å². The molecule has 0 spiro atoms. The Morgan fingerprint density at radius 3 is 2.14 bits per heavy atom. The van der Waals surface area contributed by atoms with Gasteiger partial charge in [-0.3, -0.25) is 9.59 Å². The van der Waals surface area contributed by atoms with Crippen LogP contribution in [0.5, 0.6) is 0 Å². The second kappa shape index (κ2) is 8.52. The first kappa shape index (κ1) is 20.0. The number of aryl methyl sites for hydroxylation is 2. The molecule has 0 bridgehead atoms. The van der Waals surface area contributed by atoms with Gasteiger partial charge in [-0.15, -0.1) is 0 Å². The van der Waals surface area contributed by atoms with Gasteiger partial charge in [0.2, 0.25) is 0 Å². The van der Waals surface area contributed by atoms with Crippen molar-refractivity contribution >= 4 is 23.3 Å². The number of ketones is 1. The molecular weight excluding hydrogens is 370 g/mol. The third kappa shape index (κ3) is 4.95. The van der Waals surface area contributed by atoms with Gasteiger partial charge >= 0.3 is 5.97 Å². The summed E-state index contributed by atoms with van der Waals surface area (Å²) in [5, 5.41) is 7.01. The SMILES string of the molecule is CC(=O)c1ccc(NC(=O)COC(=O)c2ccc(-n3nc(C)cc3C)cc2)cc1. The average molecular weight is 391 g/mol. The number of nitrogens with zero attached hydrogens (tertiary/aromatic N) is 2. The molecule has 0 atom stereocenters. The molecule has 29 heavy (non-hydrogen) atoms. The smallest absolute Gasteiger partial charge is 0.338 e. The van der Waals surface area contributed by atoms with Gasteiger partial charge in [-0.25, -0.2) is 9.48 Å². The molecule has 1 N–H and O–H groups in total. The van der Waals surface area contributed by atoms with E-state index >= 15 is 0 Å². The van der Waals surface area contributed by atoms with Crippen molar-refractivity contribution in [2.24, 2.45) is 0 Å². The summed E-state index contributed by atoms with van der Waals surface area (Å²) in [5.74, 6) is -1.11. The van der Waals surface area contributed by atoms with Crippen LogP contribution < -0.4 is 5.32 Å². The van der Waals surface area contributed by atoms with Crippen LogP contribution in [0, 0.1) is 13.8 Å². The number of Topliss-reactive ketones (excluding diaryl/α,β-unsaturated/α-hetero) is 1. The molecule has 0 saturated heterocycles. The highest BCUT2D eigenvalue weighted by atomic mass is 16.5. The minimum atomic E-state index is -0.591. The largest absolute Gasteiger partial charge is 0.452 e. The summed E-state index contributed by atoms with van der Waals surface area (Å²) < 4.78 is 6.86. The van der Waals surface area contributed by atoms with Crippen LogP contribution in [0.15, 0.2) is 54.6 Å². The summed E-state index contributed by atoms with van der Waals surface area (Å²) in [5.41, 5.74) is 4.15. The van der Waals surface area contributed by atoms with Gasteiger partial charge in [-0.2, -0.15) is 5.10 Å². The van der Waals surface area contributed by atoms with Gasteiger partial charge in [0.1, 0.15) is 0 Å². The number of anilines is 1. The molecule has 0 saturated carbocycles.